The van der Waals surface area contributed by atoms with Gasteiger partial charge >= 0.3 is 0 Å². The first-order valence-corrected chi connectivity index (χ1v) is 8.84. The molecule has 0 saturated carbocycles. The van der Waals surface area contributed by atoms with E-state index >= 15 is 0 Å². The topological polar surface area (TPSA) is 69.0 Å². The summed E-state index contributed by atoms with van der Waals surface area (Å²) in [7, 11) is 0. The molecule has 2 atom stereocenters. The lowest BCUT2D eigenvalue weighted by Gasteiger charge is -2.19. The molecule has 138 valence electrons. The van der Waals surface area contributed by atoms with Crippen LogP contribution < -0.4 is 5.32 Å². The van der Waals surface area contributed by atoms with E-state index in [-0.39, 0.29) is 29.4 Å². The summed E-state index contributed by atoms with van der Waals surface area (Å²) in [6, 6.07) is 15.8. The van der Waals surface area contributed by atoms with Crippen LogP contribution in [-0.4, -0.2) is 34.1 Å². The quantitative estimate of drug-likeness (QED) is 0.754. The van der Waals surface area contributed by atoms with Gasteiger partial charge in [-0.15, -0.1) is 5.10 Å². The van der Waals surface area contributed by atoms with Crippen LogP contribution in [0.4, 0.5) is 4.39 Å². The zero-order chi connectivity index (χ0) is 18.6. The van der Waals surface area contributed by atoms with Crippen LogP contribution in [0.3, 0.4) is 0 Å². The fourth-order valence-electron chi connectivity index (χ4n) is 3.23. The van der Waals surface area contributed by atoms with Gasteiger partial charge in [0.2, 0.25) is 0 Å². The number of hydrogen-bond donors (Lipinski definition) is 1. The average Bonchev–Trinajstić information content (AvgIpc) is 3.37. The van der Waals surface area contributed by atoms with Gasteiger partial charge in [0, 0.05) is 19.1 Å². The van der Waals surface area contributed by atoms with Crippen molar-refractivity contribution in [2.75, 3.05) is 13.2 Å². The first-order valence-electron chi connectivity index (χ1n) is 8.84. The molecule has 1 saturated heterocycles. The SMILES string of the molecule is O=C(NC[C@@H]1CCO[C@H]1c1ccccc1)c1cnn(-c2ccc(F)cc2)n1. The molecule has 1 N–H and O–H groups in total. The van der Waals surface area contributed by atoms with Gasteiger partial charge in [-0.1, -0.05) is 30.3 Å². The van der Waals surface area contributed by atoms with E-state index in [1.54, 1.807) is 12.1 Å². The third-order valence-electron chi connectivity index (χ3n) is 4.65. The summed E-state index contributed by atoms with van der Waals surface area (Å²) in [4.78, 5) is 13.7. The van der Waals surface area contributed by atoms with Crippen LogP contribution in [0.1, 0.15) is 28.6 Å². The van der Waals surface area contributed by atoms with Gasteiger partial charge in [-0.25, -0.2) is 4.39 Å². The summed E-state index contributed by atoms with van der Waals surface area (Å²) < 4.78 is 18.9. The van der Waals surface area contributed by atoms with Crippen molar-refractivity contribution in [2.24, 2.45) is 5.92 Å². The number of hydrogen-bond acceptors (Lipinski definition) is 4. The number of amides is 1. The Labute approximate surface area is 156 Å². The fraction of sp³-hybridized carbons (Fsp3) is 0.250. The second kappa shape index (κ2) is 7.67. The van der Waals surface area contributed by atoms with E-state index in [1.165, 1.54) is 23.1 Å². The molecule has 0 radical (unpaired) electrons. The number of rotatable bonds is 5. The number of nitrogens with one attached hydrogen (secondary N) is 1. The van der Waals surface area contributed by atoms with Crippen molar-refractivity contribution in [1.29, 1.82) is 0 Å². The molecule has 2 heterocycles. The molecular weight excluding hydrogens is 347 g/mol. The molecule has 0 aliphatic carbocycles. The number of carbonyl (C=O) groups is 1. The molecule has 6 nitrogen and oxygen atoms in total. The highest BCUT2D eigenvalue weighted by Gasteiger charge is 2.30. The summed E-state index contributed by atoms with van der Waals surface area (Å²) in [5.74, 6) is -0.416. The maximum absolute atomic E-state index is 13.0. The van der Waals surface area contributed by atoms with Crippen molar-refractivity contribution in [2.45, 2.75) is 12.5 Å². The highest BCUT2D eigenvalue weighted by atomic mass is 19.1. The van der Waals surface area contributed by atoms with Gasteiger partial charge in [-0.05, 0) is 36.2 Å². The lowest BCUT2D eigenvalue weighted by Crippen LogP contribution is -2.30. The van der Waals surface area contributed by atoms with Crippen LogP contribution in [0.5, 0.6) is 0 Å². The van der Waals surface area contributed by atoms with Gasteiger partial charge < -0.3 is 10.1 Å². The summed E-state index contributed by atoms with van der Waals surface area (Å²) in [6.45, 7) is 1.18. The highest BCUT2D eigenvalue weighted by molar-refractivity contribution is 5.91. The Bertz CT molecular complexity index is 911. The molecule has 3 aromatic rings. The predicted octanol–water partition coefficient (Wildman–Crippen LogP) is 2.91. The number of ether oxygens (including phenoxy) is 1. The largest absolute Gasteiger partial charge is 0.373 e. The number of nitrogens with zero attached hydrogens (tertiary/aromatic N) is 3. The molecule has 1 aromatic heterocycles. The van der Waals surface area contributed by atoms with Crippen LogP contribution in [-0.2, 0) is 4.74 Å². The molecule has 0 spiro atoms. The van der Waals surface area contributed by atoms with Crippen LogP contribution >= 0.6 is 0 Å². The lowest BCUT2D eigenvalue weighted by atomic mass is 9.95. The molecule has 7 heteroatoms. The molecule has 1 aliphatic heterocycles. The van der Waals surface area contributed by atoms with Crippen LogP contribution in [0.25, 0.3) is 5.69 Å². The van der Waals surface area contributed by atoms with E-state index in [4.69, 9.17) is 4.74 Å². The van der Waals surface area contributed by atoms with Crippen molar-refractivity contribution in [1.82, 2.24) is 20.3 Å². The molecule has 0 bridgehead atoms. The zero-order valence-corrected chi connectivity index (χ0v) is 14.6. The Kier molecular flexibility index (Phi) is 4.93. The minimum absolute atomic E-state index is 0.0126. The minimum atomic E-state index is -0.337. The van der Waals surface area contributed by atoms with Crippen molar-refractivity contribution in [3.8, 4) is 5.69 Å². The van der Waals surface area contributed by atoms with Crippen molar-refractivity contribution in [3.63, 3.8) is 0 Å². The van der Waals surface area contributed by atoms with Gasteiger partial charge in [-0.3, -0.25) is 4.79 Å². The Morgan fingerprint density at radius 3 is 2.74 bits per heavy atom. The van der Waals surface area contributed by atoms with Gasteiger partial charge in [0.05, 0.1) is 18.0 Å². The van der Waals surface area contributed by atoms with Crippen LogP contribution in [0.15, 0.2) is 60.8 Å². The lowest BCUT2D eigenvalue weighted by molar-refractivity contribution is 0.0844. The van der Waals surface area contributed by atoms with E-state index in [0.29, 0.717) is 18.8 Å². The van der Waals surface area contributed by atoms with Crippen molar-refractivity contribution in [3.05, 3.63) is 77.9 Å². The fourth-order valence-corrected chi connectivity index (χ4v) is 3.23. The molecule has 1 amide bonds. The molecular formula is C20H19FN4O2. The Morgan fingerprint density at radius 1 is 1.19 bits per heavy atom. The van der Waals surface area contributed by atoms with Crippen LogP contribution in [0, 0.1) is 11.7 Å². The first kappa shape index (κ1) is 17.4. The van der Waals surface area contributed by atoms with Gasteiger partial charge in [-0.2, -0.15) is 9.90 Å². The van der Waals surface area contributed by atoms with E-state index in [9.17, 15) is 9.18 Å². The van der Waals surface area contributed by atoms with Gasteiger partial charge in [0.25, 0.3) is 5.91 Å². The average molecular weight is 366 g/mol. The van der Waals surface area contributed by atoms with Gasteiger partial charge in [0.15, 0.2) is 5.69 Å². The zero-order valence-electron chi connectivity index (χ0n) is 14.6. The van der Waals surface area contributed by atoms with E-state index in [1.807, 2.05) is 30.3 Å². The first-order chi connectivity index (χ1) is 13.2. The second-order valence-electron chi connectivity index (χ2n) is 6.46. The van der Waals surface area contributed by atoms with E-state index in [0.717, 1.165) is 12.0 Å². The number of carbonyl (C=O) groups excluding carboxylic acids is 1. The molecule has 27 heavy (non-hydrogen) atoms. The summed E-state index contributed by atoms with van der Waals surface area (Å²) in [5, 5.41) is 11.2. The maximum Gasteiger partial charge on any atom is 0.273 e. The monoisotopic (exact) mass is 366 g/mol. The molecule has 1 aliphatic rings. The summed E-state index contributed by atoms with van der Waals surface area (Å²) in [6.07, 6.45) is 2.28. The Balaban J connectivity index is 1.39. The maximum atomic E-state index is 13.0. The van der Waals surface area contributed by atoms with Gasteiger partial charge in [0.1, 0.15) is 5.82 Å². The number of aromatic nitrogens is 3. The third kappa shape index (κ3) is 3.88. The second-order valence-corrected chi connectivity index (χ2v) is 6.46. The Hall–Kier alpha value is -3.06. The van der Waals surface area contributed by atoms with Crippen molar-refractivity contribution < 1.29 is 13.9 Å². The van der Waals surface area contributed by atoms with Crippen LogP contribution in [0.2, 0.25) is 0 Å². The summed E-state index contributed by atoms with van der Waals surface area (Å²) >= 11 is 0. The minimum Gasteiger partial charge on any atom is -0.373 e. The standard InChI is InChI=1S/C20H19FN4O2/c21-16-6-8-17(9-7-16)25-23-13-18(24-25)20(26)22-12-15-10-11-27-19(15)14-4-2-1-3-5-14/h1-9,13,15,19H,10-12H2,(H,22,26)/t15-,19-/m0/s1. The molecule has 0 unspecified atom stereocenters. The van der Waals surface area contributed by atoms with E-state index in [2.05, 4.69) is 15.5 Å². The summed E-state index contributed by atoms with van der Waals surface area (Å²) in [5.41, 5.74) is 1.93. The molecule has 1 fully saturated rings. The van der Waals surface area contributed by atoms with E-state index < -0.39 is 0 Å². The molecule has 2 aromatic carbocycles. The third-order valence-corrected chi connectivity index (χ3v) is 4.65. The normalized spacial score (nSPS) is 19.1. The molecule has 4 rings (SSSR count). The predicted molar refractivity (Wildman–Crippen MR) is 96.9 cm³/mol. The van der Waals surface area contributed by atoms with Crippen molar-refractivity contribution >= 4 is 5.91 Å². The Morgan fingerprint density at radius 2 is 1.96 bits per heavy atom. The highest BCUT2D eigenvalue weighted by Crippen LogP contribution is 2.33. The smallest absolute Gasteiger partial charge is 0.273 e. The number of halogens is 1. The number of benzene rings is 2.